The minimum Gasteiger partial charge on any atom is -0.444 e. The van der Waals surface area contributed by atoms with Crippen molar-refractivity contribution in [2.75, 3.05) is 13.1 Å². The molecule has 3 aromatic heterocycles. The van der Waals surface area contributed by atoms with Crippen molar-refractivity contribution < 1.29 is 42.5 Å². The average Bonchev–Trinajstić information content (AvgIpc) is 4.28. The number of imidazole rings is 3. The number of nitrogens with zero attached hydrogens (tertiary/aromatic N) is 6. The van der Waals surface area contributed by atoms with Gasteiger partial charge in [0.05, 0.1) is 59.0 Å². The maximum absolute atomic E-state index is 12.8. The lowest BCUT2D eigenvalue weighted by atomic mass is 9.78. The molecule has 4 aliphatic heterocycles. The number of amides is 3. The molecule has 4 aliphatic rings. The van der Waals surface area contributed by atoms with E-state index in [4.69, 9.17) is 23.5 Å². The Bertz CT molecular complexity index is 3340. The van der Waals surface area contributed by atoms with Crippen molar-refractivity contribution in [2.45, 2.75) is 175 Å². The lowest BCUT2D eigenvalue weighted by molar-refractivity contribution is -0.486. The van der Waals surface area contributed by atoms with E-state index >= 15 is 0 Å². The molecule has 7 aromatic rings. The number of carbonyl (C=O) groups is 3. The second-order valence-corrected chi connectivity index (χ2v) is 25.6. The lowest BCUT2D eigenvalue weighted by Crippen LogP contribution is -2.41. The standard InChI is InChI=1S/C34H42N6O4.C28H35BN3O4/c1-33(2,3)43-31(41)39-15-7-9-27(39)29-35-19-25(37-29)23-13-11-22-18-24(14-12-21(22)17-23)26-20-36-30(38-26)28-10-8-16-40(28)32(42)44-34(4,5)6;1-26(2,3)34-25(33)32-14-8-9-23(32)24-30-17-22(31-24)20-11-10-19-16-21(13-12-18(19)15-20)29-35-27(4,5)28(6,7)36-29/h11-14,17-20,27-28H,7-10,15-16H2,1-6H3,(H,35,37)(H,36,38);10-17,23H,8-9H2,1-7H3,(H,30,31)/q;+1/t27-,28-;23-/m00/s1. The molecule has 17 nitrogen and oxygen atoms in total. The molecule has 80 heavy (non-hydrogen) atoms. The van der Waals surface area contributed by atoms with Gasteiger partial charge < -0.3 is 38.5 Å². The summed E-state index contributed by atoms with van der Waals surface area (Å²) in [4.78, 5) is 66.1. The SMILES string of the molecule is CC(C)(C)OC(=O)N1CCC[C@H]1c1ncc(-c2ccc3cc(-c4cnc([C@@H]5CCCN5C(=O)OC(C)(C)C)[nH]4)ccc3c2)[nH]1.CC(C)(C)OC(=O)[N+]1=CCC[C@H]1c1ncc(-c2ccc3cc(B4OC(C)(C)C(C)(C)O4)ccc3c2)[nH]1. The Morgan fingerprint density at radius 1 is 0.562 bits per heavy atom. The van der Waals surface area contributed by atoms with Gasteiger partial charge in [0.1, 0.15) is 28.5 Å². The van der Waals surface area contributed by atoms with Gasteiger partial charge in [-0.15, -0.1) is 4.58 Å². The molecule has 4 aromatic carbocycles. The zero-order chi connectivity index (χ0) is 57.1. The first-order valence-corrected chi connectivity index (χ1v) is 28.1. The summed E-state index contributed by atoms with van der Waals surface area (Å²) in [7, 11) is -0.384. The number of benzene rings is 4. The maximum atomic E-state index is 12.8. The van der Waals surface area contributed by atoms with Gasteiger partial charge in [0.15, 0.2) is 12.0 Å². The van der Waals surface area contributed by atoms with Crippen LogP contribution in [-0.4, -0.2) is 117 Å². The number of aromatic nitrogens is 6. The molecule has 7 heterocycles. The van der Waals surface area contributed by atoms with Crippen LogP contribution in [0.15, 0.2) is 91.4 Å². The Hall–Kier alpha value is -7.31. The zero-order valence-corrected chi connectivity index (χ0v) is 48.7. The zero-order valence-electron chi connectivity index (χ0n) is 48.7. The molecule has 11 rings (SSSR count). The van der Waals surface area contributed by atoms with Gasteiger partial charge in [-0.1, -0.05) is 54.6 Å². The predicted molar refractivity (Wildman–Crippen MR) is 311 cm³/mol. The van der Waals surface area contributed by atoms with Gasteiger partial charge in [0.2, 0.25) is 6.04 Å². The number of hydrogen-bond donors (Lipinski definition) is 3. The smallest absolute Gasteiger partial charge is 0.444 e. The first-order valence-electron chi connectivity index (χ1n) is 28.1. The summed E-state index contributed by atoms with van der Waals surface area (Å²) in [6.45, 7) is 26.5. The van der Waals surface area contributed by atoms with Crippen molar-refractivity contribution in [2.24, 2.45) is 0 Å². The number of ether oxygens (including phenoxy) is 3. The van der Waals surface area contributed by atoms with Crippen LogP contribution in [0.25, 0.3) is 55.3 Å². The van der Waals surface area contributed by atoms with Crippen molar-refractivity contribution >= 4 is 58.6 Å². The summed E-state index contributed by atoms with van der Waals surface area (Å²) in [5.41, 5.74) is 4.47. The van der Waals surface area contributed by atoms with E-state index in [0.29, 0.717) is 13.1 Å². The quantitative estimate of drug-likeness (QED) is 0.0781. The van der Waals surface area contributed by atoms with E-state index < -0.39 is 16.8 Å². The fraction of sp³-hybridized carbons (Fsp3) is 0.468. The van der Waals surface area contributed by atoms with Crippen LogP contribution in [0.3, 0.4) is 0 Å². The molecule has 3 amide bonds. The molecule has 420 valence electrons. The van der Waals surface area contributed by atoms with Crippen LogP contribution < -0.4 is 5.46 Å². The third-order valence-corrected chi connectivity index (χ3v) is 15.4. The van der Waals surface area contributed by atoms with Crippen LogP contribution in [0.5, 0.6) is 0 Å². The van der Waals surface area contributed by atoms with Crippen molar-refractivity contribution in [3.05, 3.63) is 109 Å². The lowest BCUT2D eigenvalue weighted by Gasteiger charge is -2.32. The van der Waals surface area contributed by atoms with E-state index in [2.05, 4.69) is 130 Å². The summed E-state index contributed by atoms with van der Waals surface area (Å²) in [6.07, 6.45) is 11.6. The Kier molecular flexibility index (Phi) is 14.9. The van der Waals surface area contributed by atoms with E-state index in [0.717, 1.165) is 117 Å². The molecule has 0 bridgehead atoms. The van der Waals surface area contributed by atoms with Gasteiger partial charge in [0, 0.05) is 42.6 Å². The second-order valence-electron chi connectivity index (χ2n) is 25.6. The Morgan fingerprint density at radius 3 is 1.40 bits per heavy atom. The van der Waals surface area contributed by atoms with Gasteiger partial charge in [-0.25, -0.2) is 24.5 Å². The number of fused-ring (bicyclic) bond motifs is 2. The fourth-order valence-corrected chi connectivity index (χ4v) is 10.7. The van der Waals surface area contributed by atoms with E-state index in [1.165, 1.54) is 0 Å². The number of hydrogen-bond acceptors (Lipinski definition) is 11. The van der Waals surface area contributed by atoms with Crippen LogP contribution in [0.2, 0.25) is 0 Å². The average molecular weight is 1090 g/mol. The van der Waals surface area contributed by atoms with Crippen LogP contribution in [0.1, 0.15) is 164 Å². The summed E-state index contributed by atoms with van der Waals surface area (Å²) >= 11 is 0. The maximum Gasteiger partial charge on any atom is 0.597 e. The number of likely N-dealkylation sites (tertiary alicyclic amines) is 2. The molecule has 3 N–H and O–H groups in total. The van der Waals surface area contributed by atoms with E-state index in [1.807, 2.05) is 87.1 Å². The van der Waals surface area contributed by atoms with Gasteiger partial charge in [0.25, 0.3) is 0 Å². The first kappa shape index (κ1) is 56.0. The highest BCUT2D eigenvalue weighted by Gasteiger charge is 2.52. The molecule has 0 radical (unpaired) electrons. The Morgan fingerprint density at radius 2 is 0.963 bits per heavy atom. The van der Waals surface area contributed by atoms with Crippen LogP contribution in [-0.2, 0) is 23.5 Å². The molecule has 3 saturated heterocycles. The van der Waals surface area contributed by atoms with Crippen LogP contribution >= 0.6 is 0 Å². The second kappa shape index (κ2) is 21.3. The van der Waals surface area contributed by atoms with Crippen LogP contribution in [0.4, 0.5) is 14.4 Å². The molecule has 3 fully saturated rings. The van der Waals surface area contributed by atoms with Crippen molar-refractivity contribution in [1.82, 2.24) is 39.7 Å². The summed E-state index contributed by atoms with van der Waals surface area (Å²) in [5.74, 6) is 2.32. The molecule has 0 saturated carbocycles. The van der Waals surface area contributed by atoms with Crippen molar-refractivity contribution in [1.29, 1.82) is 0 Å². The van der Waals surface area contributed by atoms with Crippen molar-refractivity contribution in [3.63, 3.8) is 0 Å². The van der Waals surface area contributed by atoms with Gasteiger partial charge in [-0.05, 0) is 161 Å². The third kappa shape index (κ3) is 12.2. The molecular weight excluding hydrogens is 1010 g/mol. The highest BCUT2D eigenvalue weighted by atomic mass is 16.7. The Labute approximate surface area is 469 Å². The molecular formula is C62H77BN9O8+. The number of carbonyl (C=O) groups excluding carboxylic acids is 3. The molecule has 0 spiro atoms. The van der Waals surface area contributed by atoms with Gasteiger partial charge in [-0.2, -0.15) is 4.79 Å². The number of nitrogens with one attached hydrogen (secondary N) is 3. The van der Waals surface area contributed by atoms with Gasteiger partial charge in [-0.3, -0.25) is 9.80 Å². The largest absolute Gasteiger partial charge is 0.597 e. The highest BCUT2D eigenvalue weighted by Crippen LogP contribution is 2.39. The first-order chi connectivity index (χ1) is 37.7. The Balaban J connectivity index is 0.000000184. The number of H-pyrrole nitrogens is 3. The fourth-order valence-electron chi connectivity index (χ4n) is 10.7. The van der Waals surface area contributed by atoms with E-state index in [1.54, 1.807) is 14.4 Å². The molecule has 0 unspecified atom stereocenters. The topological polar surface area (TPSA) is 193 Å². The van der Waals surface area contributed by atoms with E-state index in [-0.39, 0.29) is 54.7 Å². The highest BCUT2D eigenvalue weighted by molar-refractivity contribution is 6.62. The summed E-state index contributed by atoms with van der Waals surface area (Å²) in [6, 6.07) is 24.9. The number of aromatic amines is 3. The summed E-state index contributed by atoms with van der Waals surface area (Å²) in [5, 5.41) is 4.44. The van der Waals surface area contributed by atoms with Gasteiger partial charge >= 0.3 is 25.4 Å². The number of rotatable bonds is 7. The third-order valence-electron chi connectivity index (χ3n) is 15.4. The predicted octanol–water partition coefficient (Wildman–Crippen LogP) is 13.1. The minimum atomic E-state index is -0.542. The van der Waals surface area contributed by atoms with E-state index in [9.17, 15) is 14.4 Å². The molecule has 18 heteroatoms. The molecule has 0 aliphatic carbocycles. The van der Waals surface area contributed by atoms with Crippen molar-refractivity contribution in [3.8, 4) is 33.8 Å². The normalized spacial score (nSPS) is 20.0. The van der Waals surface area contributed by atoms with Crippen LogP contribution in [0, 0.1) is 0 Å². The summed E-state index contributed by atoms with van der Waals surface area (Å²) < 4.78 is 30.9. The monoisotopic (exact) mass is 1090 g/mol. The molecule has 3 atom stereocenters. The minimum absolute atomic E-state index is 0.124.